The van der Waals surface area contributed by atoms with Gasteiger partial charge in [0.1, 0.15) is 5.75 Å². The minimum absolute atomic E-state index is 0.126. The van der Waals surface area contributed by atoms with E-state index in [2.05, 4.69) is 20.7 Å². The highest BCUT2D eigenvalue weighted by molar-refractivity contribution is 6.04. The van der Waals surface area contributed by atoms with Gasteiger partial charge in [-0.05, 0) is 36.4 Å². The van der Waals surface area contributed by atoms with E-state index in [1.54, 1.807) is 43.5 Å². The smallest absolute Gasteiger partial charge is 0.416 e. The lowest BCUT2D eigenvalue weighted by Crippen LogP contribution is -2.13. The Morgan fingerprint density at radius 3 is 2.59 bits per heavy atom. The van der Waals surface area contributed by atoms with Crippen LogP contribution in [0.5, 0.6) is 11.6 Å². The summed E-state index contributed by atoms with van der Waals surface area (Å²) in [5.74, 6) is 0.0514. The molecule has 0 saturated carbocycles. The van der Waals surface area contributed by atoms with Crippen LogP contribution in [0.1, 0.15) is 29.3 Å². The van der Waals surface area contributed by atoms with Crippen molar-refractivity contribution in [2.45, 2.75) is 19.5 Å². The van der Waals surface area contributed by atoms with Crippen LogP contribution in [0.25, 0.3) is 5.65 Å². The van der Waals surface area contributed by atoms with Gasteiger partial charge in [-0.25, -0.2) is 9.50 Å². The first-order chi connectivity index (χ1) is 16.2. The zero-order valence-electron chi connectivity index (χ0n) is 17.8. The van der Waals surface area contributed by atoms with Crippen molar-refractivity contribution in [2.75, 3.05) is 10.6 Å². The fourth-order valence-electron chi connectivity index (χ4n) is 3.01. The summed E-state index contributed by atoms with van der Waals surface area (Å²) in [4.78, 5) is 28.2. The van der Waals surface area contributed by atoms with Crippen molar-refractivity contribution in [3.05, 3.63) is 78.0 Å². The van der Waals surface area contributed by atoms with Gasteiger partial charge in [-0.3, -0.25) is 9.59 Å². The number of halogens is 3. The van der Waals surface area contributed by atoms with Crippen molar-refractivity contribution in [3.63, 3.8) is 0 Å². The second-order valence-corrected chi connectivity index (χ2v) is 7.16. The first-order valence-electron chi connectivity index (χ1n) is 10.1. The number of hydrogen-bond donors (Lipinski definition) is 2. The molecule has 0 aliphatic heterocycles. The summed E-state index contributed by atoms with van der Waals surface area (Å²) in [6.45, 7) is 1.73. The molecule has 4 aromatic rings. The highest BCUT2D eigenvalue weighted by Gasteiger charge is 2.30. The highest BCUT2D eigenvalue weighted by Crippen LogP contribution is 2.30. The molecule has 0 radical (unpaired) electrons. The van der Waals surface area contributed by atoms with E-state index in [0.29, 0.717) is 29.3 Å². The van der Waals surface area contributed by atoms with Crippen LogP contribution in [-0.2, 0) is 11.0 Å². The van der Waals surface area contributed by atoms with Gasteiger partial charge in [0.2, 0.25) is 11.8 Å². The van der Waals surface area contributed by atoms with Crippen LogP contribution in [0.4, 0.5) is 24.7 Å². The predicted molar refractivity (Wildman–Crippen MR) is 118 cm³/mol. The maximum Gasteiger partial charge on any atom is 0.416 e. The number of nitrogens with zero attached hydrogens (tertiary/aromatic N) is 3. The summed E-state index contributed by atoms with van der Waals surface area (Å²) in [5, 5.41) is 9.49. The summed E-state index contributed by atoms with van der Waals surface area (Å²) < 4.78 is 45.9. The molecular weight excluding hydrogens is 451 g/mol. The van der Waals surface area contributed by atoms with Crippen LogP contribution in [-0.4, -0.2) is 26.4 Å². The topological polar surface area (TPSA) is 97.6 Å². The van der Waals surface area contributed by atoms with Crippen LogP contribution in [0, 0.1) is 0 Å². The van der Waals surface area contributed by atoms with E-state index >= 15 is 0 Å². The van der Waals surface area contributed by atoms with Gasteiger partial charge in [-0.1, -0.05) is 19.1 Å². The van der Waals surface area contributed by atoms with E-state index in [1.807, 2.05) is 0 Å². The number of nitrogens with one attached hydrogen (secondary N) is 2. The molecule has 0 unspecified atom stereocenters. The minimum Gasteiger partial charge on any atom is -0.438 e. The number of anilines is 2. The predicted octanol–water partition coefficient (Wildman–Crippen LogP) is 5.14. The summed E-state index contributed by atoms with van der Waals surface area (Å²) in [6, 6.07) is 13.7. The van der Waals surface area contributed by atoms with Crippen LogP contribution in [0.2, 0.25) is 0 Å². The van der Waals surface area contributed by atoms with Crippen LogP contribution in [0.15, 0.2) is 66.9 Å². The normalized spacial score (nSPS) is 11.3. The monoisotopic (exact) mass is 469 g/mol. The first kappa shape index (κ1) is 22.8. The molecule has 34 heavy (non-hydrogen) atoms. The Balaban J connectivity index is 1.48. The van der Waals surface area contributed by atoms with E-state index in [4.69, 9.17) is 4.74 Å². The maximum absolute atomic E-state index is 12.9. The minimum atomic E-state index is -4.55. The Kier molecular flexibility index (Phi) is 6.17. The molecular formula is C23H18F3N5O3. The van der Waals surface area contributed by atoms with Gasteiger partial charge in [0.25, 0.3) is 5.91 Å². The molecule has 0 fully saturated rings. The molecule has 2 N–H and O–H groups in total. The van der Waals surface area contributed by atoms with Gasteiger partial charge in [-0.15, -0.1) is 5.10 Å². The van der Waals surface area contributed by atoms with E-state index < -0.39 is 17.6 Å². The number of fused-ring (bicyclic) bond motifs is 1. The molecule has 0 spiro atoms. The fourth-order valence-corrected chi connectivity index (χ4v) is 3.01. The number of carbonyl (C=O) groups excluding carboxylic acids is 2. The van der Waals surface area contributed by atoms with E-state index in [1.165, 1.54) is 22.7 Å². The average Bonchev–Trinajstić information content (AvgIpc) is 3.20. The number of ether oxygens (including phenoxy) is 1. The fraction of sp³-hybridized carbons (Fsp3) is 0.130. The Labute approximate surface area is 191 Å². The number of amides is 2. The number of rotatable bonds is 6. The average molecular weight is 469 g/mol. The van der Waals surface area contributed by atoms with Gasteiger partial charge < -0.3 is 15.4 Å². The Morgan fingerprint density at radius 2 is 1.82 bits per heavy atom. The molecule has 2 heterocycles. The van der Waals surface area contributed by atoms with E-state index in [-0.39, 0.29) is 17.4 Å². The summed E-state index contributed by atoms with van der Waals surface area (Å²) in [6.07, 6.45) is -2.69. The maximum atomic E-state index is 12.9. The summed E-state index contributed by atoms with van der Waals surface area (Å²) in [5.41, 5.74) is -0.205. The van der Waals surface area contributed by atoms with Gasteiger partial charge in [0, 0.05) is 29.8 Å². The van der Waals surface area contributed by atoms with E-state index in [9.17, 15) is 22.8 Å². The molecule has 4 rings (SSSR count). The molecule has 2 aromatic heterocycles. The molecule has 0 aliphatic carbocycles. The third-order valence-corrected chi connectivity index (χ3v) is 4.65. The summed E-state index contributed by atoms with van der Waals surface area (Å²) >= 11 is 0. The number of hydrogen-bond acceptors (Lipinski definition) is 5. The molecule has 8 nitrogen and oxygen atoms in total. The van der Waals surface area contributed by atoms with Crippen LogP contribution < -0.4 is 15.4 Å². The number of aromatic nitrogens is 3. The molecule has 0 saturated heterocycles. The standard InChI is InChI=1S/C23H18F3N5O3/c1-2-20(32)29-18-13-31-19(28-18)9-10-21(30-31)34-17-8-4-7-16(12-17)27-22(33)14-5-3-6-15(11-14)23(24,25)26/h3-13H,2H2,1H3,(H,27,33)(H,29,32). The van der Waals surface area contributed by atoms with Crippen molar-refractivity contribution in [1.29, 1.82) is 0 Å². The van der Waals surface area contributed by atoms with Crippen LogP contribution >= 0.6 is 0 Å². The molecule has 11 heteroatoms. The highest BCUT2D eigenvalue weighted by atomic mass is 19.4. The number of carbonyl (C=O) groups is 2. The van der Waals surface area contributed by atoms with Gasteiger partial charge in [0.05, 0.1) is 11.8 Å². The SMILES string of the molecule is CCC(=O)Nc1cn2nc(Oc3cccc(NC(=O)c4cccc(C(F)(F)F)c4)c3)ccc2n1. The Hall–Kier alpha value is -4.41. The first-order valence-corrected chi connectivity index (χ1v) is 10.1. The lowest BCUT2D eigenvalue weighted by molar-refractivity contribution is -0.137. The number of imidazole rings is 1. The Morgan fingerprint density at radius 1 is 1.03 bits per heavy atom. The zero-order valence-corrected chi connectivity index (χ0v) is 17.8. The third-order valence-electron chi connectivity index (χ3n) is 4.65. The number of alkyl halides is 3. The Bertz CT molecular complexity index is 1370. The van der Waals surface area contributed by atoms with Gasteiger partial charge in [-0.2, -0.15) is 13.2 Å². The largest absolute Gasteiger partial charge is 0.438 e. The number of benzene rings is 2. The third kappa shape index (κ3) is 5.31. The lowest BCUT2D eigenvalue weighted by Gasteiger charge is -2.10. The van der Waals surface area contributed by atoms with Crippen molar-refractivity contribution in [1.82, 2.24) is 14.6 Å². The lowest BCUT2D eigenvalue weighted by atomic mass is 10.1. The van der Waals surface area contributed by atoms with Crippen molar-refractivity contribution >= 4 is 29.0 Å². The second kappa shape index (κ2) is 9.22. The van der Waals surface area contributed by atoms with Crippen LogP contribution in [0.3, 0.4) is 0 Å². The molecule has 0 bridgehead atoms. The van der Waals surface area contributed by atoms with Crippen molar-refractivity contribution in [2.24, 2.45) is 0 Å². The molecule has 0 aliphatic rings. The zero-order chi connectivity index (χ0) is 24.3. The summed E-state index contributed by atoms with van der Waals surface area (Å²) in [7, 11) is 0. The van der Waals surface area contributed by atoms with Gasteiger partial charge >= 0.3 is 6.18 Å². The molecule has 2 aromatic carbocycles. The van der Waals surface area contributed by atoms with E-state index in [0.717, 1.165) is 12.1 Å². The molecule has 2 amide bonds. The molecule has 0 atom stereocenters. The second-order valence-electron chi connectivity index (χ2n) is 7.16. The van der Waals surface area contributed by atoms with Crippen molar-refractivity contribution in [3.8, 4) is 11.6 Å². The van der Waals surface area contributed by atoms with Crippen molar-refractivity contribution < 1.29 is 27.5 Å². The quantitative estimate of drug-likeness (QED) is 0.408. The molecule has 174 valence electrons. The van der Waals surface area contributed by atoms with Gasteiger partial charge in [0.15, 0.2) is 11.5 Å².